The minimum absolute atomic E-state index is 0.0940. The molecule has 3 heteroatoms. The SMILES string of the molecule is CC(=O)c1ccc(C2CCn3c2c(C)c2ccccc23)[nH]1. The van der Waals surface area contributed by atoms with Crippen LogP contribution >= 0.6 is 0 Å². The summed E-state index contributed by atoms with van der Waals surface area (Å²) in [5, 5.41) is 1.34. The van der Waals surface area contributed by atoms with E-state index >= 15 is 0 Å². The Kier molecular flexibility index (Phi) is 2.58. The molecule has 21 heavy (non-hydrogen) atoms. The molecule has 0 spiro atoms. The van der Waals surface area contributed by atoms with Crippen LogP contribution in [0.5, 0.6) is 0 Å². The molecule has 2 aromatic heterocycles. The van der Waals surface area contributed by atoms with E-state index in [9.17, 15) is 4.79 Å². The van der Waals surface area contributed by atoms with Gasteiger partial charge in [-0.1, -0.05) is 18.2 Å². The minimum Gasteiger partial charge on any atom is -0.355 e. The lowest BCUT2D eigenvalue weighted by molar-refractivity contribution is 0.101. The second kappa shape index (κ2) is 4.35. The van der Waals surface area contributed by atoms with E-state index in [1.165, 1.54) is 22.2 Å². The summed E-state index contributed by atoms with van der Waals surface area (Å²) in [5.74, 6) is 0.460. The maximum atomic E-state index is 11.5. The molecule has 3 nitrogen and oxygen atoms in total. The van der Waals surface area contributed by atoms with Gasteiger partial charge in [-0.3, -0.25) is 4.79 Å². The third-order valence-corrected chi connectivity index (χ3v) is 4.71. The number of aromatic amines is 1. The van der Waals surface area contributed by atoms with Crippen molar-refractivity contribution in [2.75, 3.05) is 0 Å². The summed E-state index contributed by atoms with van der Waals surface area (Å²) in [6.45, 7) is 4.86. The van der Waals surface area contributed by atoms with Crippen molar-refractivity contribution in [3.05, 3.63) is 59.0 Å². The Balaban J connectivity index is 1.87. The largest absolute Gasteiger partial charge is 0.355 e. The average Bonchev–Trinajstić information content (AvgIpc) is 3.17. The van der Waals surface area contributed by atoms with Crippen molar-refractivity contribution in [1.29, 1.82) is 0 Å². The lowest BCUT2D eigenvalue weighted by Crippen LogP contribution is -2.00. The van der Waals surface area contributed by atoms with Gasteiger partial charge in [-0.05, 0) is 37.1 Å². The molecule has 0 bridgehead atoms. The number of benzene rings is 1. The molecule has 1 aliphatic rings. The maximum absolute atomic E-state index is 11.5. The van der Waals surface area contributed by atoms with Crippen LogP contribution < -0.4 is 0 Å². The Hall–Kier alpha value is -2.29. The monoisotopic (exact) mass is 278 g/mol. The minimum atomic E-state index is 0.0940. The van der Waals surface area contributed by atoms with Gasteiger partial charge < -0.3 is 9.55 Å². The lowest BCUT2D eigenvalue weighted by Gasteiger charge is -2.09. The molecule has 0 amide bonds. The summed E-state index contributed by atoms with van der Waals surface area (Å²) >= 11 is 0. The second-order valence-corrected chi connectivity index (χ2v) is 5.90. The molecule has 4 rings (SSSR count). The van der Waals surface area contributed by atoms with Crippen LogP contribution in [-0.4, -0.2) is 15.3 Å². The van der Waals surface area contributed by atoms with Gasteiger partial charge in [0, 0.05) is 41.7 Å². The molecule has 1 N–H and O–H groups in total. The first kappa shape index (κ1) is 12.5. The number of aromatic nitrogens is 2. The van der Waals surface area contributed by atoms with Crippen molar-refractivity contribution < 1.29 is 4.79 Å². The van der Waals surface area contributed by atoms with E-state index in [2.05, 4.69) is 46.8 Å². The molecular formula is C18H18N2O. The average molecular weight is 278 g/mol. The molecule has 106 valence electrons. The second-order valence-electron chi connectivity index (χ2n) is 5.90. The van der Waals surface area contributed by atoms with E-state index in [0.29, 0.717) is 11.6 Å². The highest BCUT2D eigenvalue weighted by Gasteiger charge is 2.29. The Bertz CT molecular complexity index is 853. The van der Waals surface area contributed by atoms with Crippen molar-refractivity contribution in [3.63, 3.8) is 0 Å². The molecule has 0 radical (unpaired) electrons. The number of H-pyrrole nitrogens is 1. The van der Waals surface area contributed by atoms with Crippen LogP contribution in [0.3, 0.4) is 0 Å². The Morgan fingerprint density at radius 2 is 2.05 bits per heavy atom. The van der Waals surface area contributed by atoms with E-state index in [4.69, 9.17) is 0 Å². The number of ketones is 1. The summed E-state index contributed by atoms with van der Waals surface area (Å²) < 4.78 is 2.43. The van der Waals surface area contributed by atoms with E-state index in [0.717, 1.165) is 18.7 Å². The lowest BCUT2D eigenvalue weighted by atomic mass is 9.97. The molecular weight excluding hydrogens is 260 g/mol. The number of para-hydroxylation sites is 1. The van der Waals surface area contributed by atoms with E-state index in [1.54, 1.807) is 6.92 Å². The zero-order valence-electron chi connectivity index (χ0n) is 12.3. The van der Waals surface area contributed by atoms with Crippen LogP contribution in [0, 0.1) is 6.92 Å². The third kappa shape index (κ3) is 1.70. The number of carbonyl (C=O) groups excluding carboxylic acids is 1. The van der Waals surface area contributed by atoms with Gasteiger partial charge in [0.2, 0.25) is 0 Å². The number of aryl methyl sites for hydroxylation is 2. The van der Waals surface area contributed by atoms with Crippen LogP contribution in [0.4, 0.5) is 0 Å². The number of nitrogens with one attached hydrogen (secondary N) is 1. The fraction of sp³-hybridized carbons (Fsp3) is 0.278. The summed E-state index contributed by atoms with van der Waals surface area (Å²) in [5.41, 5.74) is 5.95. The van der Waals surface area contributed by atoms with Gasteiger partial charge in [-0.15, -0.1) is 0 Å². The van der Waals surface area contributed by atoms with E-state index < -0.39 is 0 Å². The summed E-state index contributed by atoms with van der Waals surface area (Å²) in [6, 6.07) is 12.6. The number of hydrogen-bond acceptors (Lipinski definition) is 1. The molecule has 0 fully saturated rings. The zero-order valence-corrected chi connectivity index (χ0v) is 12.3. The molecule has 0 aliphatic carbocycles. The number of rotatable bonds is 2. The van der Waals surface area contributed by atoms with Crippen LogP contribution in [0.2, 0.25) is 0 Å². The Morgan fingerprint density at radius 1 is 1.24 bits per heavy atom. The molecule has 3 aromatic rings. The van der Waals surface area contributed by atoms with Crippen molar-refractivity contribution >= 4 is 16.7 Å². The number of carbonyl (C=O) groups is 1. The summed E-state index contributed by atoms with van der Waals surface area (Å²) in [4.78, 5) is 14.8. The highest BCUT2D eigenvalue weighted by Crippen LogP contribution is 2.41. The van der Waals surface area contributed by atoms with Gasteiger partial charge in [0.05, 0.1) is 5.69 Å². The summed E-state index contributed by atoms with van der Waals surface area (Å²) in [6.07, 6.45) is 1.10. The number of Topliss-reactive ketones (excluding diaryl/α,β-unsaturated/α-hetero) is 1. The quantitative estimate of drug-likeness (QED) is 0.706. The topological polar surface area (TPSA) is 37.8 Å². The normalized spacial score (nSPS) is 17.3. The summed E-state index contributed by atoms with van der Waals surface area (Å²) in [7, 11) is 0. The third-order valence-electron chi connectivity index (χ3n) is 4.71. The fourth-order valence-electron chi connectivity index (χ4n) is 3.70. The number of fused-ring (bicyclic) bond motifs is 3. The van der Waals surface area contributed by atoms with Gasteiger partial charge in [-0.2, -0.15) is 0 Å². The fourth-order valence-corrected chi connectivity index (χ4v) is 3.70. The predicted molar refractivity (Wildman–Crippen MR) is 83.9 cm³/mol. The van der Waals surface area contributed by atoms with Crippen molar-refractivity contribution in [1.82, 2.24) is 9.55 Å². The standard InChI is InChI=1S/C18H18N2O/c1-11-13-5-3-4-6-17(13)20-10-9-14(18(11)20)16-8-7-15(19-16)12(2)21/h3-8,14,19H,9-10H2,1-2H3. The van der Waals surface area contributed by atoms with Gasteiger partial charge in [-0.25, -0.2) is 0 Å². The Morgan fingerprint density at radius 3 is 2.81 bits per heavy atom. The number of nitrogens with zero attached hydrogens (tertiary/aromatic N) is 1. The first-order chi connectivity index (χ1) is 10.2. The van der Waals surface area contributed by atoms with Gasteiger partial charge in [0.25, 0.3) is 0 Å². The van der Waals surface area contributed by atoms with Crippen LogP contribution in [0.25, 0.3) is 10.9 Å². The molecule has 1 unspecified atom stereocenters. The van der Waals surface area contributed by atoms with Crippen molar-refractivity contribution in [2.24, 2.45) is 0 Å². The first-order valence-electron chi connectivity index (χ1n) is 7.44. The highest BCUT2D eigenvalue weighted by atomic mass is 16.1. The molecule has 0 saturated heterocycles. The van der Waals surface area contributed by atoms with Crippen LogP contribution in [0.1, 0.15) is 46.7 Å². The Labute approximate surface area is 123 Å². The van der Waals surface area contributed by atoms with E-state index in [-0.39, 0.29) is 5.78 Å². The van der Waals surface area contributed by atoms with Crippen LogP contribution in [0.15, 0.2) is 36.4 Å². The molecule has 1 aliphatic heterocycles. The molecule has 3 heterocycles. The molecule has 1 aromatic carbocycles. The first-order valence-corrected chi connectivity index (χ1v) is 7.44. The molecule has 0 saturated carbocycles. The molecule has 1 atom stereocenters. The van der Waals surface area contributed by atoms with Gasteiger partial charge in [0.15, 0.2) is 5.78 Å². The highest BCUT2D eigenvalue weighted by molar-refractivity contribution is 5.92. The smallest absolute Gasteiger partial charge is 0.175 e. The zero-order chi connectivity index (χ0) is 14.6. The van der Waals surface area contributed by atoms with E-state index in [1.807, 2.05) is 6.07 Å². The maximum Gasteiger partial charge on any atom is 0.175 e. The van der Waals surface area contributed by atoms with Crippen molar-refractivity contribution in [2.45, 2.75) is 32.7 Å². The van der Waals surface area contributed by atoms with Crippen molar-refractivity contribution in [3.8, 4) is 0 Å². The van der Waals surface area contributed by atoms with Crippen LogP contribution in [-0.2, 0) is 6.54 Å². The number of hydrogen-bond donors (Lipinski definition) is 1. The predicted octanol–water partition coefficient (Wildman–Crippen LogP) is 4.02. The van der Waals surface area contributed by atoms with Gasteiger partial charge >= 0.3 is 0 Å². The van der Waals surface area contributed by atoms with Gasteiger partial charge in [0.1, 0.15) is 0 Å².